The molecule has 14 heavy (non-hydrogen) atoms. The van der Waals surface area contributed by atoms with E-state index in [4.69, 9.17) is 5.41 Å². The fourth-order valence-corrected chi connectivity index (χ4v) is 1.14. The Labute approximate surface area is 83.8 Å². The summed E-state index contributed by atoms with van der Waals surface area (Å²) in [5.41, 5.74) is 1.70. The molecule has 1 N–H and O–H groups in total. The monoisotopic (exact) mass is 192 g/mol. The number of nitrogens with one attached hydrogen (secondary N) is 1. The van der Waals surface area contributed by atoms with Crippen LogP contribution < -0.4 is 5.49 Å². The molecule has 0 atom stereocenters. The maximum atomic E-state index is 7.22. The summed E-state index contributed by atoms with van der Waals surface area (Å²) < 4.78 is 1.50. The highest BCUT2D eigenvalue weighted by molar-refractivity contribution is 5.52. The number of rotatable bonds is 3. The molecule has 0 radical (unpaired) electrons. The first kappa shape index (κ1) is 10.6. The van der Waals surface area contributed by atoms with Gasteiger partial charge in [0.25, 0.3) is 0 Å². The molecule has 76 valence electrons. The molecule has 0 aliphatic heterocycles. The van der Waals surface area contributed by atoms with Crippen molar-refractivity contribution in [2.45, 2.75) is 26.7 Å². The fourth-order valence-electron chi connectivity index (χ4n) is 1.14. The van der Waals surface area contributed by atoms with Crippen molar-refractivity contribution in [3.05, 3.63) is 23.3 Å². The molecule has 0 fully saturated rings. The van der Waals surface area contributed by atoms with Crippen molar-refractivity contribution in [2.75, 3.05) is 6.54 Å². The maximum absolute atomic E-state index is 7.22. The highest BCUT2D eigenvalue weighted by atomic mass is 15.3. The first-order chi connectivity index (χ1) is 6.69. The van der Waals surface area contributed by atoms with Gasteiger partial charge in [-0.05, 0) is 25.0 Å². The first-order valence-corrected chi connectivity index (χ1v) is 4.80. The van der Waals surface area contributed by atoms with Crippen LogP contribution in [0.15, 0.2) is 17.1 Å². The van der Waals surface area contributed by atoms with Gasteiger partial charge in [0.15, 0.2) is 5.49 Å². The Morgan fingerprint density at radius 1 is 1.57 bits per heavy atom. The molecule has 0 saturated heterocycles. The zero-order valence-corrected chi connectivity index (χ0v) is 8.86. The van der Waals surface area contributed by atoms with Crippen LogP contribution in [-0.4, -0.2) is 22.7 Å². The number of nitrogens with zero attached hydrogens (tertiary/aromatic N) is 3. The molecule has 1 aromatic rings. The van der Waals surface area contributed by atoms with E-state index < -0.39 is 0 Å². The van der Waals surface area contributed by atoms with Gasteiger partial charge >= 0.3 is 0 Å². The lowest BCUT2D eigenvalue weighted by atomic mass is 10.1. The van der Waals surface area contributed by atoms with Gasteiger partial charge in [0.05, 0.1) is 5.69 Å². The highest BCUT2D eigenvalue weighted by Gasteiger charge is 2.01. The lowest BCUT2D eigenvalue weighted by Crippen LogP contribution is -2.24. The summed E-state index contributed by atoms with van der Waals surface area (Å²) >= 11 is 0. The van der Waals surface area contributed by atoms with Crippen molar-refractivity contribution >= 4 is 6.34 Å². The van der Waals surface area contributed by atoms with Gasteiger partial charge in [-0.25, -0.2) is 4.68 Å². The van der Waals surface area contributed by atoms with Gasteiger partial charge in [0.1, 0.15) is 6.34 Å². The van der Waals surface area contributed by atoms with Crippen LogP contribution in [0.3, 0.4) is 0 Å². The van der Waals surface area contributed by atoms with E-state index in [1.54, 1.807) is 0 Å². The van der Waals surface area contributed by atoms with Crippen LogP contribution in [0.5, 0.6) is 0 Å². The molecule has 0 aliphatic carbocycles. The summed E-state index contributed by atoms with van der Waals surface area (Å²) in [6.45, 7) is 6.82. The predicted molar refractivity (Wildman–Crippen MR) is 56.6 cm³/mol. The molecular weight excluding hydrogens is 176 g/mol. The van der Waals surface area contributed by atoms with Gasteiger partial charge in [0.2, 0.25) is 0 Å². The van der Waals surface area contributed by atoms with E-state index >= 15 is 0 Å². The molecule has 0 spiro atoms. The Balaban J connectivity index is 3.25. The molecule has 4 nitrogen and oxygen atoms in total. The standard InChI is InChI=1S/C10H16N4/c1-4-12-10-6-5-9(8(2)3)13-14(10)7-11/h5-8,11H,4H2,1-3H3. The Bertz CT molecular complexity index is 376. The van der Waals surface area contributed by atoms with Crippen LogP contribution in [0.25, 0.3) is 0 Å². The average molecular weight is 192 g/mol. The molecule has 0 saturated carbocycles. The average Bonchev–Trinajstić information content (AvgIpc) is 2.18. The summed E-state index contributed by atoms with van der Waals surface area (Å²) in [4.78, 5) is 4.23. The Hall–Kier alpha value is -1.45. The van der Waals surface area contributed by atoms with E-state index in [1.807, 2.05) is 19.1 Å². The second-order valence-corrected chi connectivity index (χ2v) is 3.32. The Morgan fingerprint density at radius 2 is 2.29 bits per heavy atom. The predicted octanol–water partition coefficient (Wildman–Crippen LogP) is 1.38. The lowest BCUT2D eigenvalue weighted by Gasteiger charge is -2.06. The molecule has 0 aromatic carbocycles. The van der Waals surface area contributed by atoms with Gasteiger partial charge in [-0.2, -0.15) is 5.10 Å². The van der Waals surface area contributed by atoms with Crippen LogP contribution in [0, 0.1) is 5.41 Å². The maximum Gasteiger partial charge on any atom is 0.150 e. The van der Waals surface area contributed by atoms with Crippen molar-refractivity contribution in [3.8, 4) is 0 Å². The summed E-state index contributed by atoms with van der Waals surface area (Å²) in [6.07, 6.45) is 1.18. The van der Waals surface area contributed by atoms with Crippen LogP contribution in [-0.2, 0) is 0 Å². The van der Waals surface area contributed by atoms with Gasteiger partial charge in [-0.3, -0.25) is 10.4 Å². The van der Waals surface area contributed by atoms with E-state index in [1.165, 1.54) is 11.0 Å². The quantitative estimate of drug-likeness (QED) is 0.571. The summed E-state index contributed by atoms with van der Waals surface area (Å²) in [5, 5.41) is 11.5. The van der Waals surface area contributed by atoms with Crippen LogP contribution in [0.4, 0.5) is 0 Å². The third-order valence-corrected chi connectivity index (χ3v) is 1.90. The molecule has 0 unspecified atom stereocenters. The van der Waals surface area contributed by atoms with E-state index in [-0.39, 0.29) is 0 Å². The van der Waals surface area contributed by atoms with Crippen LogP contribution in [0.1, 0.15) is 32.4 Å². The fraction of sp³-hybridized carbons (Fsp3) is 0.500. The topological polar surface area (TPSA) is 54.0 Å². The van der Waals surface area contributed by atoms with Crippen LogP contribution in [0.2, 0.25) is 0 Å². The first-order valence-electron chi connectivity index (χ1n) is 4.80. The van der Waals surface area contributed by atoms with Gasteiger partial charge in [-0.15, -0.1) is 0 Å². The van der Waals surface area contributed by atoms with E-state index in [0.29, 0.717) is 12.5 Å². The van der Waals surface area contributed by atoms with E-state index in [0.717, 1.165) is 11.2 Å². The second kappa shape index (κ2) is 4.69. The minimum atomic E-state index is 0.372. The van der Waals surface area contributed by atoms with Crippen molar-refractivity contribution < 1.29 is 0 Å². The minimum absolute atomic E-state index is 0.372. The van der Waals surface area contributed by atoms with Crippen LogP contribution >= 0.6 is 0 Å². The molecule has 0 amide bonds. The van der Waals surface area contributed by atoms with E-state index in [9.17, 15) is 0 Å². The summed E-state index contributed by atoms with van der Waals surface area (Å²) in [7, 11) is 0. The van der Waals surface area contributed by atoms with Gasteiger partial charge < -0.3 is 0 Å². The molecule has 1 heterocycles. The normalized spacial score (nSPS) is 12.1. The summed E-state index contributed by atoms with van der Waals surface area (Å²) in [5.74, 6) is 0.372. The number of aromatic nitrogens is 2. The Kier molecular flexibility index (Phi) is 3.56. The van der Waals surface area contributed by atoms with Gasteiger partial charge in [-0.1, -0.05) is 13.8 Å². The van der Waals surface area contributed by atoms with Crippen molar-refractivity contribution in [1.29, 1.82) is 5.41 Å². The molecular formula is C10H16N4. The smallest absolute Gasteiger partial charge is 0.150 e. The zero-order valence-electron chi connectivity index (χ0n) is 8.86. The minimum Gasteiger partial charge on any atom is -0.289 e. The lowest BCUT2D eigenvalue weighted by molar-refractivity contribution is 0.725. The van der Waals surface area contributed by atoms with E-state index in [2.05, 4.69) is 23.9 Å². The van der Waals surface area contributed by atoms with Crippen molar-refractivity contribution in [1.82, 2.24) is 9.78 Å². The molecule has 1 aromatic heterocycles. The molecule has 1 rings (SSSR count). The molecule has 4 heteroatoms. The van der Waals surface area contributed by atoms with Crippen molar-refractivity contribution in [3.63, 3.8) is 0 Å². The summed E-state index contributed by atoms with van der Waals surface area (Å²) in [6, 6.07) is 3.86. The third-order valence-electron chi connectivity index (χ3n) is 1.90. The number of hydrogen-bond acceptors (Lipinski definition) is 3. The van der Waals surface area contributed by atoms with Gasteiger partial charge in [0, 0.05) is 6.54 Å². The largest absolute Gasteiger partial charge is 0.289 e. The Morgan fingerprint density at radius 3 is 2.79 bits per heavy atom. The highest BCUT2D eigenvalue weighted by Crippen LogP contribution is 2.07. The van der Waals surface area contributed by atoms with Crippen molar-refractivity contribution in [2.24, 2.45) is 4.99 Å². The molecule has 0 bridgehead atoms. The third kappa shape index (κ3) is 2.28. The second-order valence-electron chi connectivity index (χ2n) is 3.32. The SMILES string of the molecule is CCN=c1ccc(C(C)C)nn1C=N. The molecule has 0 aliphatic rings. The zero-order chi connectivity index (χ0) is 10.6. The number of hydrogen-bond donors (Lipinski definition) is 1.